The number of hydrogen-bond donors (Lipinski definition) is 0. The second kappa shape index (κ2) is 8.44. The van der Waals surface area contributed by atoms with Crippen molar-refractivity contribution in [3.05, 3.63) is 71.8 Å². The molecule has 0 atom stereocenters. The molecule has 2 fully saturated rings. The largest absolute Gasteiger partial charge is 0.0816 e. The molecule has 0 spiro atoms. The predicted octanol–water partition coefficient (Wildman–Crippen LogP) is 8.09. The molecule has 0 bridgehead atoms. The Hall–Kier alpha value is -0.860. The van der Waals surface area contributed by atoms with Gasteiger partial charge < -0.3 is 0 Å². The van der Waals surface area contributed by atoms with Gasteiger partial charge in [0.25, 0.3) is 0 Å². The highest BCUT2D eigenvalue weighted by Gasteiger charge is 2.41. The van der Waals surface area contributed by atoms with Crippen molar-refractivity contribution in [1.82, 2.24) is 0 Å². The van der Waals surface area contributed by atoms with E-state index in [1.165, 1.54) is 64.2 Å². The second-order valence-electron chi connectivity index (χ2n) is 8.01. The molecule has 26 heavy (non-hydrogen) atoms. The first-order chi connectivity index (χ1) is 12.8. The van der Waals surface area contributed by atoms with Crippen LogP contribution in [0.3, 0.4) is 0 Å². The van der Waals surface area contributed by atoms with Gasteiger partial charge in [-0.2, -0.15) is 0 Å². The molecule has 0 N–H and O–H groups in total. The molecule has 2 saturated carbocycles. The van der Waals surface area contributed by atoms with Crippen LogP contribution >= 0.6 is 21.6 Å². The summed E-state index contributed by atoms with van der Waals surface area (Å²) in [5.74, 6) is 0. The first-order valence-corrected chi connectivity index (χ1v) is 12.5. The van der Waals surface area contributed by atoms with Gasteiger partial charge in [-0.25, -0.2) is 0 Å². The number of benzene rings is 2. The van der Waals surface area contributed by atoms with Crippen molar-refractivity contribution < 1.29 is 0 Å². The van der Waals surface area contributed by atoms with Gasteiger partial charge in [-0.05, 0) is 36.8 Å². The van der Waals surface area contributed by atoms with Crippen LogP contribution in [0.4, 0.5) is 0 Å². The van der Waals surface area contributed by atoms with Gasteiger partial charge in [0.05, 0.1) is 9.49 Å². The Bertz CT molecular complexity index is 606. The summed E-state index contributed by atoms with van der Waals surface area (Å²) < 4.78 is 0.618. The molecule has 0 unspecified atom stereocenters. The Morgan fingerprint density at radius 3 is 1.15 bits per heavy atom. The molecule has 2 heteroatoms. The minimum atomic E-state index is 0.309. The van der Waals surface area contributed by atoms with E-state index < -0.39 is 0 Å². The van der Waals surface area contributed by atoms with Crippen molar-refractivity contribution in [2.75, 3.05) is 0 Å². The molecule has 0 radical (unpaired) electrons. The van der Waals surface area contributed by atoms with Crippen molar-refractivity contribution in [3.8, 4) is 0 Å². The van der Waals surface area contributed by atoms with Gasteiger partial charge in [-0.3, -0.25) is 0 Å². The third-order valence-electron chi connectivity index (χ3n) is 6.28. The predicted molar refractivity (Wildman–Crippen MR) is 118 cm³/mol. The Balaban J connectivity index is 1.61. The van der Waals surface area contributed by atoms with Gasteiger partial charge in [0.1, 0.15) is 0 Å². The topological polar surface area (TPSA) is 0 Å². The molecule has 138 valence electrons. The summed E-state index contributed by atoms with van der Waals surface area (Å²) in [6.45, 7) is 0. The fraction of sp³-hybridized carbons (Fsp3) is 0.500. The van der Waals surface area contributed by atoms with Crippen LogP contribution < -0.4 is 0 Å². The van der Waals surface area contributed by atoms with Gasteiger partial charge in [0.2, 0.25) is 0 Å². The maximum absolute atomic E-state index is 2.37. The van der Waals surface area contributed by atoms with E-state index in [-0.39, 0.29) is 0 Å². The van der Waals surface area contributed by atoms with Crippen molar-refractivity contribution >= 4 is 21.6 Å². The minimum absolute atomic E-state index is 0.309. The number of rotatable bonds is 5. The fourth-order valence-corrected chi connectivity index (χ4v) is 8.96. The van der Waals surface area contributed by atoms with Crippen LogP contribution in [0.2, 0.25) is 0 Å². The third-order valence-corrected chi connectivity index (χ3v) is 10.5. The first kappa shape index (κ1) is 18.5. The molecule has 2 aromatic carbocycles. The molecule has 0 aromatic heterocycles. The zero-order chi connectivity index (χ0) is 17.7. The van der Waals surface area contributed by atoms with E-state index in [1.54, 1.807) is 11.1 Å². The lowest BCUT2D eigenvalue weighted by molar-refractivity contribution is 0.404. The maximum atomic E-state index is 2.37. The first-order valence-electron chi connectivity index (χ1n) is 10.3. The smallest absolute Gasteiger partial charge is 0.0512 e. The SMILES string of the molecule is c1ccc(C2(SSC3(c4ccccc4)CCCCC3)CCCCC2)cc1. The van der Waals surface area contributed by atoms with E-state index in [9.17, 15) is 0 Å². The van der Waals surface area contributed by atoms with E-state index >= 15 is 0 Å². The Labute approximate surface area is 167 Å². The van der Waals surface area contributed by atoms with Crippen molar-refractivity contribution in [2.24, 2.45) is 0 Å². The van der Waals surface area contributed by atoms with E-state index in [0.29, 0.717) is 9.49 Å². The molecule has 2 aliphatic carbocycles. The van der Waals surface area contributed by atoms with Crippen molar-refractivity contribution in [3.63, 3.8) is 0 Å². The van der Waals surface area contributed by atoms with E-state index in [2.05, 4.69) is 82.3 Å². The summed E-state index contributed by atoms with van der Waals surface area (Å²) in [5.41, 5.74) is 3.10. The molecular weight excluding hydrogens is 352 g/mol. The molecule has 0 amide bonds. The van der Waals surface area contributed by atoms with Gasteiger partial charge in [-0.15, -0.1) is 0 Å². The highest BCUT2D eigenvalue weighted by Crippen LogP contribution is 2.61. The minimum Gasteiger partial charge on any atom is -0.0816 e. The quantitative estimate of drug-likeness (QED) is 0.479. The van der Waals surface area contributed by atoms with Crippen LogP contribution in [0.25, 0.3) is 0 Å². The van der Waals surface area contributed by atoms with Crippen LogP contribution in [0, 0.1) is 0 Å². The number of hydrogen-bond acceptors (Lipinski definition) is 2. The average Bonchev–Trinajstić information content (AvgIpc) is 2.75. The van der Waals surface area contributed by atoms with Crippen LogP contribution in [-0.4, -0.2) is 0 Å². The summed E-state index contributed by atoms with van der Waals surface area (Å²) in [6.07, 6.45) is 13.6. The molecule has 0 aliphatic heterocycles. The zero-order valence-electron chi connectivity index (χ0n) is 15.7. The Kier molecular flexibility index (Phi) is 6.00. The van der Waals surface area contributed by atoms with Gasteiger partial charge in [-0.1, -0.05) is 121 Å². The molecule has 2 aliphatic rings. The van der Waals surface area contributed by atoms with Crippen LogP contribution in [0.5, 0.6) is 0 Å². The monoisotopic (exact) mass is 382 g/mol. The summed E-state index contributed by atoms with van der Waals surface area (Å²) in [4.78, 5) is 0. The molecule has 2 aromatic rings. The summed E-state index contributed by atoms with van der Waals surface area (Å²) >= 11 is 0. The normalized spacial score (nSPS) is 22.0. The van der Waals surface area contributed by atoms with Crippen LogP contribution in [0.1, 0.15) is 75.3 Å². The van der Waals surface area contributed by atoms with E-state index in [0.717, 1.165) is 0 Å². The second-order valence-corrected chi connectivity index (χ2v) is 10.9. The van der Waals surface area contributed by atoms with Gasteiger partial charge >= 0.3 is 0 Å². The summed E-state index contributed by atoms with van der Waals surface area (Å²) in [6, 6.07) is 22.7. The van der Waals surface area contributed by atoms with Crippen LogP contribution in [0.15, 0.2) is 60.7 Å². The molecule has 0 saturated heterocycles. The molecule has 0 nitrogen and oxygen atoms in total. The zero-order valence-corrected chi connectivity index (χ0v) is 17.3. The lowest BCUT2D eigenvalue weighted by atomic mass is 9.83. The third kappa shape index (κ3) is 3.87. The molecule has 4 rings (SSSR count). The lowest BCUT2D eigenvalue weighted by Gasteiger charge is -2.42. The summed E-state index contributed by atoms with van der Waals surface area (Å²) in [5, 5.41) is 0. The standard InChI is InChI=1S/C24H30S2/c1-5-13-21(14-6-1)23(17-9-3-10-18-23)25-26-24(19-11-4-12-20-24)22-15-7-2-8-16-22/h1-2,5-8,13-16H,3-4,9-12,17-20H2. The fourth-order valence-electron chi connectivity index (χ4n) is 4.73. The van der Waals surface area contributed by atoms with Crippen molar-refractivity contribution in [1.29, 1.82) is 0 Å². The van der Waals surface area contributed by atoms with Crippen LogP contribution in [-0.2, 0) is 9.49 Å². The van der Waals surface area contributed by atoms with E-state index in [1.807, 2.05) is 0 Å². The van der Waals surface area contributed by atoms with Gasteiger partial charge in [0.15, 0.2) is 0 Å². The lowest BCUT2D eigenvalue weighted by Crippen LogP contribution is -2.28. The molecular formula is C24H30S2. The highest BCUT2D eigenvalue weighted by atomic mass is 33.1. The maximum Gasteiger partial charge on any atom is 0.0512 e. The van der Waals surface area contributed by atoms with Crippen molar-refractivity contribution in [2.45, 2.75) is 73.7 Å². The highest BCUT2D eigenvalue weighted by molar-refractivity contribution is 8.77. The molecule has 0 heterocycles. The van der Waals surface area contributed by atoms with E-state index in [4.69, 9.17) is 0 Å². The van der Waals surface area contributed by atoms with Gasteiger partial charge in [0, 0.05) is 0 Å². The Morgan fingerprint density at radius 2 is 0.808 bits per heavy atom. The Morgan fingerprint density at radius 1 is 0.462 bits per heavy atom. The average molecular weight is 383 g/mol. The summed E-state index contributed by atoms with van der Waals surface area (Å²) in [7, 11) is 4.43.